The van der Waals surface area contributed by atoms with Crippen LogP contribution < -0.4 is 19.7 Å². The molecule has 1 unspecified atom stereocenters. The first-order valence-electron chi connectivity index (χ1n) is 8.79. The van der Waals surface area contributed by atoms with Crippen LogP contribution in [-0.4, -0.2) is 50.7 Å². The van der Waals surface area contributed by atoms with Gasteiger partial charge in [-0.3, -0.25) is 9.59 Å². The van der Waals surface area contributed by atoms with Gasteiger partial charge in [-0.15, -0.1) is 0 Å². The first kappa shape index (κ1) is 20.5. The molecule has 0 radical (unpaired) electrons. The summed E-state index contributed by atoms with van der Waals surface area (Å²) in [5, 5.41) is 2.97. The first-order chi connectivity index (χ1) is 14.0. The third-order valence-electron chi connectivity index (χ3n) is 4.12. The number of benzene rings is 2. The van der Waals surface area contributed by atoms with Crippen molar-refractivity contribution in [1.29, 1.82) is 0 Å². The largest absolute Gasteiger partial charge is 0.482 e. The van der Waals surface area contributed by atoms with Crippen LogP contribution in [0.5, 0.6) is 11.5 Å². The number of carbonyl (C=O) groups excluding carboxylic acids is 3. The summed E-state index contributed by atoms with van der Waals surface area (Å²) in [4.78, 5) is 37.9. The standard InChI is InChI=1S/C20H19ClN2O6/c1-22-20(26)17-10-23(15-7-2-3-8-16(15)29-17)18(24)11-28-19(25)12-27-14-6-4-5-13(21)9-14/h2-9,17H,10-12H2,1H3,(H,22,26). The van der Waals surface area contributed by atoms with E-state index in [0.29, 0.717) is 22.2 Å². The smallest absolute Gasteiger partial charge is 0.344 e. The number of fused-ring (bicyclic) bond motifs is 1. The van der Waals surface area contributed by atoms with E-state index in [1.165, 1.54) is 11.9 Å². The summed E-state index contributed by atoms with van der Waals surface area (Å²) in [6, 6.07) is 13.4. The number of amides is 2. The van der Waals surface area contributed by atoms with Gasteiger partial charge in [0.1, 0.15) is 11.5 Å². The van der Waals surface area contributed by atoms with Gasteiger partial charge in [0.2, 0.25) is 0 Å². The van der Waals surface area contributed by atoms with Gasteiger partial charge in [-0.05, 0) is 30.3 Å². The fraction of sp³-hybridized carbons (Fsp3) is 0.250. The SMILES string of the molecule is CNC(=O)C1CN(C(=O)COC(=O)COc2cccc(Cl)c2)c2ccccc2O1. The molecule has 1 aliphatic heterocycles. The highest BCUT2D eigenvalue weighted by molar-refractivity contribution is 6.30. The zero-order valence-electron chi connectivity index (χ0n) is 15.6. The zero-order valence-corrected chi connectivity index (χ0v) is 16.3. The number of nitrogens with zero attached hydrogens (tertiary/aromatic N) is 1. The summed E-state index contributed by atoms with van der Waals surface area (Å²) in [5.41, 5.74) is 0.504. The second-order valence-electron chi connectivity index (χ2n) is 6.10. The lowest BCUT2D eigenvalue weighted by molar-refractivity contribution is -0.150. The first-order valence-corrected chi connectivity index (χ1v) is 9.17. The molecule has 2 aromatic rings. The van der Waals surface area contributed by atoms with Crippen LogP contribution in [0.25, 0.3) is 0 Å². The van der Waals surface area contributed by atoms with Crippen molar-refractivity contribution in [1.82, 2.24) is 5.32 Å². The minimum absolute atomic E-state index is 0.00604. The Morgan fingerprint density at radius 3 is 2.72 bits per heavy atom. The maximum Gasteiger partial charge on any atom is 0.344 e. The van der Waals surface area contributed by atoms with E-state index in [-0.39, 0.29) is 19.1 Å². The highest BCUT2D eigenvalue weighted by atomic mass is 35.5. The molecule has 1 aliphatic rings. The van der Waals surface area contributed by atoms with Crippen molar-refractivity contribution in [3.8, 4) is 11.5 Å². The van der Waals surface area contributed by atoms with E-state index in [0.717, 1.165) is 0 Å². The zero-order chi connectivity index (χ0) is 20.8. The Bertz CT molecular complexity index is 919. The van der Waals surface area contributed by atoms with Gasteiger partial charge in [0.15, 0.2) is 19.3 Å². The van der Waals surface area contributed by atoms with Crippen LogP contribution in [-0.2, 0) is 19.1 Å². The monoisotopic (exact) mass is 418 g/mol. The lowest BCUT2D eigenvalue weighted by Gasteiger charge is -2.33. The lowest BCUT2D eigenvalue weighted by atomic mass is 10.1. The molecule has 0 saturated heterocycles. The molecule has 8 nitrogen and oxygen atoms in total. The van der Waals surface area contributed by atoms with Crippen LogP contribution in [0.3, 0.4) is 0 Å². The summed E-state index contributed by atoms with van der Waals surface area (Å²) in [6.45, 7) is -0.854. The molecular weight excluding hydrogens is 400 g/mol. The molecule has 0 aromatic heterocycles. The molecule has 0 bridgehead atoms. The van der Waals surface area contributed by atoms with E-state index < -0.39 is 24.6 Å². The highest BCUT2D eigenvalue weighted by Gasteiger charge is 2.33. The van der Waals surface area contributed by atoms with Gasteiger partial charge < -0.3 is 24.4 Å². The Balaban J connectivity index is 1.59. The minimum atomic E-state index is -0.860. The molecule has 1 N–H and O–H groups in total. The molecule has 0 aliphatic carbocycles. The number of carbonyl (C=O) groups is 3. The van der Waals surface area contributed by atoms with Crippen molar-refractivity contribution in [2.75, 3.05) is 31.7 Å². The number of nitrogens with one attached hydrogen (secondary N) is 1. The number of para-hydroxylation sites is 2. The summed E-state index contributed by atoms with van der Waals surface area (Å²) < 4.78 is 15.9. The third kappa shape index (κ3) is 5.17. The molecule has 3 rings (SSSR count). The molecule has 1 heterocycles. The number of esters is 1. The van der Waals surface area contributed by atoms with E-state index in [9.17, 15) is 14.4 Å². The van der Waals surface area contributed by atoms with Gasteiger partial charge in [-0.25, -0.2) is 4.79 Å². The molecule has 9 heteroatoms. The van der Waals surface area contributed by atoms with Gasteiger partial charge in [0.25, 0.3) is 11.8 Å². The van der Waals surface area contributed by atoms with Gasteiger partial charge in [-0.2, -0.15) is 0 Å². The third-order valence-corrected chi connectivity index (χ3v) is 4.36. The highest BCUT2D eigenvalue weighted by Crippen LogP contribution is 2.33. The normalized spacial score (nSPS) is 15.0. The summed E-state index contributed by atoms with van der Waals surface area (Å²) in [5.74, 6) is -0.731. The second-order valence-corrected chi connectivity index (χ2v) is 6.54. The Kier molecular flexibility index (Phi) is 6.56. The van der Waals surface area contributed by atoms with Crippen LogP contribution >= 0.6 is 11.6 Å². The van der Waals surface area contributed by atoms with Crippen molar-refractivity contribution < 1.29 is 28.6 Å². The van der Waals surface area contributed by atoms with Crippen LogP contribution in [0.1, 0.15) is 0 Å². The number of ether oxygens (including phenoxy) is 3. The van der Waals surface area contributed by atoms with Crippen molar-refractivity contribution in [3.05, 3.63) is 53.6 Å². The number of likely N-dealkylation sites (N-methyl/N-ethyl adjacent to an activating group) is 1. The summed E-state index contributed by atoms with van der Waals surface area (Å²) in [6.07, 6.45) is -0.860. The van der Waals surface area contributed by atoms with Crippen molar-refractivity contribution >= 4 is 35.1 Å². The van der Waals surface area contributed by atoms with Crippen molar-refractivity contribution in [2.24, 2.45) is 0 Å². The molecule has 29 heavy (non-hydrogen) atoms. The molecule has 152 valence electrons. The van der Waals surface area contributed by atoms with Gasteiger partial charge in [-0.1, -0.05) is 29.8 Å². The lowest BCUT2D eigenvalue weighted by Crippen LogP contribution is -2.51. The second kappa shape index (κ2) is 9.29. The Morgan fingerprint density at radius 2 is 1.97 bits per heavy atom. The summed E-state index contributed by atoms with van der Waals surface area (Å²) >= 11 is 5.85. The average molecular weight is 419 g/mol. The number of rotatable bonds is 6. The maximum absolute atomic E-state index is 12.6. The van der Waals surface area contributed by atoms with Gasteiger partial charge >= 0.3 is 5.97 Å². The van der Waals surface area contributed by atoms with Gasteiger partial charge in [0.05, 0.1) is 12.2 Å². The molecule has 2 aromatic carbocycles. The topological polar surface area (TPSA) is 94.2 Å². The Morgan fingerprint density at radius 1 is 1.17 bits per heavy atom. The predicted octanol–water partition coefficient (Wildman–Crippen LogP) is 1.80. The number of hydrogen-bond donors (Lipinski definition) is 1. The Labute approximate surface area is 172 Å². The Hall–Kier alpha value is -3.26. The van der Waals surface area contributed by atoms with E-state index in [4.69, 9.17) is 25.8 Å². The number of anilines is 1. The van der Waals surface area contributed by atoms with E-state index in [1.807, 2.05) is 0 Å². The number of hydrogen-bond acceptors (Lipinski definition) is 6. The van der Waals surface area contributed by atoms with Crippen LogP contribution in [0.2, 0.25) is 5.02 Å². The molecule has 2 amide bonds. The van der Waals surface area contributed by atoms with Crippen LogP contribution in [0.15, 0.2) is 48.5 Å². The fourth-order valence-corrected chi connectivity index (χ4v) is 2.91. The molecule has 0 fully saturated rings. The quantitative estimate of drug-likeness (QED) is 0.719. The minimum Gasteiger partial charge on any atom is -0.482 e. The molecule has 0 spiro atoms. The van der Waals surface area contributed by atoms with E-state index in [2.05, 4.69) is 5.32 Å². The molecular formula is C20H19ClN2O6. The molecule has 0 saturated carbocycles. The summed E-state index contributed by atoms with van der Waals surface area (Å²) in [7, 11) is 1.49. The van der Waals surface area contributed by atoms with Crippen molar-refractivity contribution in [3.63, 3.8) is 0 Å². The van der Waals surface area contributed by atoms with E-state index in [1.54, 1.807) is 48.5 Å². The van der Waals surface area contributed by atoms with E-state index >= 15 is 0 Å². The van der Waals surface area contributed by atoms with Crippen LogP contribution in [0, 0.1) is 0 Å². The average Bonchev–Trinajstić information content (AvgIpc) is 2.74. The predicted molar refractivity (Wildman–Crippen MR) is 105 cm³/mol. The number of halogens is 1. The maximum atomic E-state index is 12.6. The molecule has 1 atom stereocenters. The van der Waals surface area contributed by atoms with Crippen LogP contribution in [0.4, 0.5) is 5.69 Å². The van der Waals surface area contributed by atoms with Gasteiger partial charge in [0, 0.05) is 12.1 Å². The van der Waals surface area contributed by atoms with Crippen molar-refractivity contribution in [2.45, 2.75) is 6.10 Å². The fourth-order valence-electron chi connectivity index (χ4n) is 2.73.